The molecule has 26 heavy (non-hydrogen) atoms. The molecule has 0 spiro atoms. The molecule has 0 radical (unpaired) electrons. The number of pyridine rings is 1. The van der Waals surface area contributed by atoms with Gasteiger partial charge in [-0.3, -0.25) is 24.5 Å². The lowest BCUT2D eigenvalue weighted by atomic mass is 10.1. The van der Waals surface area contributed by atoms with Crippen LogP contribution in [0.5, 0.6) is 5.88 Å². The predicted octanol–water partition coefficient (Wildman–Crippen LogP) is 2.04. The molecule has 0 saturated carbocycles. The van der Waals surface area contributed by atoms with Gasteiger partial charge in [0, 0.05) is 25.5 Å². The first-order valence-electron chi connectivity index (χ1n) is 7.54. The molecule has 0 saturated heterocycles. The molecule has 1 heterocycles. The molecule has 0 atom stereocenters. The van der Waals surface area contributed by atoms with Gasteiger partial charge in [-0.15, -0.1) is 0 Å². The number of methoxy groups -OCH3 is 1. The highest BCUT2D eigenvalue weighted by Gasteiger charge is 2.17. The van der Waals surface area contributed by atoms with Crippen molar-refractivity contribution in [3.8, 4) is 11.9 Å². The Labute approximate surface area is 148 Å². The topological polar surface area (TPSA) is 131 Å². The molecular weight excluding hydrogens is 340 g/mol. The van der Waals surface area contributed by atoms with Crippen LogP contribution in [-0.4, -0.2) is 34.5 Å². The van der Waals surface area contributed by atoms with E-state index in [0.29, 0.717) is 11.3 Å². The minimum Gasteiger partial charge on any atom is -0.494 e. The quantitative estimate of drug-likeness (QED) is 0.479. The van der Waals surface area contributed by atoms with Gasteiger partial charge in [-0.2, -0.15) is 5.26 Å². The van der Waals surface area contributed by atoms with E-state index < -0.39 is 10.5 Å². The summed E-state index contributed by atoms with van der Waals surface area (Å²) in [6, 6.07) is 7.36. The largest absolute Gasteiger partial charge is 0.494 e. The second-order valence-electron chi connectivity index (χ2n) is 5.33. The van der Waals surface area contributed by atoms with Crippen molar-refractivity contribution in [1.82, 2.24) is 4.57 Å². The number of hydrogen-bond donors (Lipinski definition) is 1. The maximum absolute atomic E-state index is 12.3. The van der Waals surface area contributed by atoms with Crippen LogP contribution in [0.3, 0.4) is 0 Å². The number of hydrogen-bond acceptors (Lipinski definition) is 7. The van der Waals surface area contributed by atoms with Crippen molar-refractivity contribution in [1.29, 1.82) is 5.26 Å². The van der Waals surface area contributed by atoms with Crippen LogP contribution in [0.1, 0.15) is 16.7 Å². The first-order chi connectivity index (χ1) is 12.4. The lowest BCUT2D eigenvalue weighted by Gasteiger charge is -2.13. The van der Waals surface area contributed by atoms with Crippen molar-refractivity contribution in [2.75, 3.05) is 13.7 Å². The van der Waals surface area contributed by atoms with E-state index in [0.717, 1.165) is 4.57 Å². The van der Waals surface area contributed by atoms with Gasteiger partial charge in [0.05, 0.1) is 29.3 Å². The van der Waals surface area contributed by atoms with E-state index in [1.807, 2.05) is 6.07 Å². The number of aromatic hydroxyl groups is 1. The fourth-order valence-corrected chi connectivity index (χ4v) is 2.32. The smallest absolute Gasteiger partial charge is 0.271 e. The molecular formula is C17H16N4O5. The highest BCUT2D eigenvalue weighted by Crippen LogP contribution is 2.22. The molecule has 0 unspecified atom stereocenters. The summed E-state index contributed by atoms with van der Waals surface area (Å²) >= 11 is 0. The number of nitro benzene ring substituents is 1. The summed E-state index contributed by atoms with van der Waals surface area (Å²) in [5, 5.41) is 30.3. The molecule has 2 rings (SSSR count). The zero-order chi connectivity index (χ0) is 19.3. The van der Waals surface area contributed by atoms with Gasteiger partial charge in [0.25, 0.3) is 11.2 Å². The molecule has 0 fully saturated rings. The number of non-ortho nitro benzene ring substituents is 1. The molecule has 1 aromatic carbocycles. The van der Waals surface area contributed by atoms with Crippen LogP contribution in [0.25, 0.3) is 0 Å². The fourth-order valence-electron chi connectivity index (χ4n) is 2.32. The highest BCUT2D eigenvalue weighted by molar-refractivity contribution is 5.87. The van der Waals surface area contributed by atoms with E-state index in [1.165, 1.54) is 44.5 Å². The van der Waals surface area contributed by atoms with Crippen LogP contribution in [0.4, 0.5) is 11.4 Å². The van der Waals surface area contributed by atoms with Crippen LogP contribution in [0.2, 0.25) is 0 Å². The SMILES string of the molecule is COCCn1c(O)c(C=Nc2ccc([N+](=O)[O-])cc2)c(C)c(C#N)c1=O. The number of nitro groups is 1. The van der Waals surface area contributed by atoms with Gasteiger partial charge in [-0.05, 0) is 24.6 Å². The van der Waals surface area contributed by atoms with E-state index in [2.05, 4.69) is 4.99 Å². The van der Waals surface area contributed by atoms with E-state index in [4.69, 9.17) is 4.74 Å². The van der Waals surface area contributed by atoms with Crippen molar-refractivity contribution in [2.45, 2.75) is 13.5 Å². The second kappa shape index (κ2) is 8.04. The molecule has 134 valence electrons. The van der Waals surface area contributed by atoms with E-state index in [9.17, 15) is 25.3 Å². The third-order valence-corrected chi connectivity index (χ3v) is 3.77. The number of ether oxygens (including phenoxy) is 1. The van der Waals surface area contributed by atoms with Crippen molar-refractivity contribution in [2.24, 2.45) is 4.99 Å². The predicted molar refractivity (Wildman–Crippen MR) is 94.0 cm³/mol. The first-order valence-corrected chi connectivity index (χ1v) is 7.54. The zero-order valence-electron chi connectivity index (χ0n) is 14.2. The summed E-state index contributed by atoms with van der Waals surface area (Å²) in [5.74, 6) is -0.325. The molecule has 1 N–H and O–H groups in total. The maximum atomic E-state index is 12.3. The first kappa shape index (κ1) is 18.8. The lowest BCUT2D eigenvalue weighted by molar-refractivity contribution is -0.384. The standard InChI is InChI=1S/C17H16N4O5/c1-11-14(9-18)16(22)20(7-8-26-2)17(23)15(11)10-19-12-3-5-13(6-4-12)21(24)25/h3-6,10,23H,7-8H2,1-2H3. The summed E-state index contributed by atoms with van der Waals surface area (Å²) in [6.07, 6.45) is 1.31. The summed E-state index contributed by atoms with van der Waals surface area (Å²) in [5.41, 5.74) is 0.173. The second-order valence-corrected chi connectivity index (χ2v) is 5.33. The third kappa shape index (κ3) is 3.76. The molecule has 0 aliphatic carbocycles. The lowest BCUT2D eigenvalue weighted by Crippen LogP contribution is -2.26. The molecule has 0 aliphatic rings. The Balaban J connectivity index is 2.49. The minimum absolute atomic E-state index is 0.0668. The van der Waals surface area contributed by atoms with Gasteiger partial charge >= 0.3 is 0 Å². The summed E-state index contributed by atoms with van der Waals surface area (Å²) < 4.78 is 5.96. The fraction of sp³-hybridized carbons (Fsp3) is 0.235. The van der Waals surface area contributed by atoms with Gasteiger partial charge in [0.1, 0.15) is 11.6 Å². The molecule has 2 aromatic rings. The van der Waals surface area contributed by atoms with Crippen LogP contribution in [-0.2, 0) is 11.3 Å². The molecule has 9 nitrogen and oxygen atoms in total. The number of aliphatic imine (C=N–C) groups is 1. The molecule has 1 aromatic heterocycles. The van der Waals surface area contributed by atoms with Crippen molar-refractivity contribution >= 4 is 17.6 Å². The Morgan fingerprint density at radius 3 is 2.62 bits per heavy atom. The van der Waals surface area contributed by atoms with E-state index in [-0.39, 0.29) is 35.8 Å². The Kier molecular flexibility index (Phi) is 5.82. The maximum Gasteiger partial charge on any atom is 0.271 e. The summed E-state index contributed by atoms with van der Waals surface area (Å²) in [6.45, 7) is 1.80. The van der Waals surface area contributed by atoms with Crippen LogP contribution < -0.4 is 5.56 Å². The number of benzene rings is 1. The Morgan fingerprint density at radius 1 is 1.42 bits per heavy atom. The van der Waals surface area contributed by atoms with E-state index in [1.54, 1.807) is 0 Å². The van der Waals surface area contributed by atoms with Gasteiger partial charge in [-0.1, -0.05) is 0 Å². The van der Waals surface area contributed by atoms with Gasteiger partial charge in [-0.25, -0.2) is 0 Å². The van der Waals surface area contributed by atoms with Gasteiger partial charge in [0.15, 0.2) is 0 Å². The Bertz CT molecular complexity index is 955. The van der Waals surface area contributed by atoms with Crippen molar-refractivity contribution in [3.63, 3.8) is 0 Å². The normalized spacial score (nSPS) is 10.8. The van der Waals surface area contributed by atoms with Crippen molar-refractivity contribution < 1.29 is 14.8 Å². The zero-order valence-corrected chi connectivity index (χ0v) is 14.2. The molecule has 0 bridgehead atoms. The average Bonchev–Trinajstić information content (AvgIpc) is 2.62. The summed E-state index contributed by atoms with van der Waals surface area (Å²) in [7, 11) is 1.46. The molecule has 0 aliphatic heterocycles. The molecule has 0 amide bonds. The number of aromatic nitrogens is 1. The number of rotatable bonds is 6. The average molecular weight is 356 g/mol. The minimum atomic E-state index is -0.605. The monoisotopic (exact) mass is 356 g/mol. The van der Waals surface area contributed by atoms with Gasteiger partial charge in [0.2, 0.25) is 5.88 Å². The van der Waals surface area contributed by atoms with Crippen LogP contribution in [0, 0.1) is 28.4 Å². The van der Waals surface area contributed by atoms with E-state index >= 15 is 0 Å². The Hall–Kier alpha value is -3.51. The molecule has 9 heteroatoms. The Morgan fingerprint density at radius 2 is 2.08 bits per heavy atom. The van der Waals surface area contributed by atoms with Crippen LogP contribution in [0.15, 0.2) is 34.1 Å². The summed E-state index contributed by atoms with van der Waals surface area (Å²) in [4.78, 5) is 26.6. The number of nitriles is 1. The van der Waals surface area contributed by atoms with Crippen LogP contribution >= 0.6 is 0 Å². The third-order valence-electron chi connectivity index (χ3n) is 3.77. The van der Waals surface area contributed by atoms with Crippen molar-refractivity contribution in [3.05, 3.63) is 61.4 Å². The highest BCUT2D eigenvalue weighted by atomic mass is 16.6. The number of nitrogens with zero attached hydrogens (tertiary/aromatic N) is 4. The van der Waals surface area contributed by atoms with Gasteiger partial charge < -0.3 is 9.84 Å².